The fourth-order valence-electron chi connectivity index (χ4n) is 1.33. The highest BCUT2D eigenvalue weighted by Crippen LogP contribution is 2.22. The third kappa shape index (κ3) is 2.23. The molecule has 86 valence electrons. The highest BCUT2D eigenvalue weighted by molar-refractivity contribution is 6.28. The zero-order valence-electron chi connectivity index (χ0n) is 8.90. The number of ether oxygens (including phenoxy) is 2. The molecular weight excluding hydrogens is 232 g/mol. The number of H-pyrrole nitrogens is 1. The minimum absolute atomic E-state index is 0.117. The molecular formula is C9H11ClN4O2. The fourth-order valence-corrected chi connectivity index (χ4v) is 1.49. The zero-order valence-corrected chi connectivity index (χ0v) is 9.65. The summed E-state index contributed by atoms with van der Waals surface area (Å²) in [6.45, 7) is 2.35. The first-order chi connectivity index (χ1) is 7.70. The largest absolute Gasteiger partial charge is 0.472 e. The molecule has 0 aliphatic heterocycles. The number of methoxy groups -OCH3 is 1. The van der Waals surface area contributed by atoms with E-state index in [1.807, 2.05) is 6.92 Å². The highest BCUT2D eigenvalue weighted by atomic mass is 35.5. The molecule has 0 aliphatic rings. The van der Waals surface area contributed by atoms with Gasteiger partial charge in [-0.15, -0.1) is 0 Å². The molecule has 2 aromatic heterocycles. The maximum Gasteiger partial charge on any atom is 0.229 e. The van der Waals surface area contributed by atoms with Crippen molar-refractivity contribution in [3.8, 4) is 5.88 Å². The van der Waals surface area contributed by atoms with Gasteiger partial charge in [-0.25, -0.2) is 0 Å². The van der Waals surface area contributed by atoms with Crippen LogP contribution in [0.4, 0.5) is 0 Å². The van der Waals surface area contributed by atoms with Crippen molar-refractivity contribution in [3.05, 3.63) is 11.5 Å². The second-order valence-electron chi connectivity index (χ2n) is 3.31. The van der Waals surface area contributed by atoms with Crippen molar-refractivity contribution >= 4 is 22.6 Å². The number of aromatic amines is 1. The Labute approximate surface area is 96.9 Å². The third-order valence-electron chi connectivity index (χ3n) is 1.96. The lowest BCUT2D eigenvalue weighted by molar-refractivity contribution is 0.0900. The van der Waals surface area contributed by atoms with Crippen LogP contribution in [0.25, 0.3) is 11.0 Å². The topological polar surface area (TPSA) is 72.9 Å². The minimum atomic E-state index is -0.117. The Morgan fingerprint density at radius 3 is 3.06 bits per heavy atom. The second-order valence-corrected chi connectivity index (χ2v) is 3.65. The summed E-state index contributed by atoms with van der Waals surface area (Å²) in [6.07, 6.45) is 1.48. The van der Waals surface area contributed by atoms with Crippen molar-refractivity contribution in [3.63, 3.8) is 0 Å². The number of fused-ring (bicyclic) bond motifs is 1. The van der Waals surface area contributed by atoms with Crippen LogP contribution in [0, 0.1) is 0 Å². The Hall–Kier alpha value is -1.40. The minimum Gasteiger partial charge on any atom is -0.472 e. The van der Waals surface area contributed by atoms with E-state index in [0.29, 0.717) is 23.5 Å². The van der Waals surface area contributed by atoms with Crippen LogP contribution in [0.2, 0.25) is 5.28 Å². The van der Waals surface area contributed by atoms with Gasteiger partial charge in [0.25, 0.3) is 0 Å². The molecule has 6 nitrogen and oxygen atoms in total. The Bertz CT molecular complexity index is 487. The molecule has 0 spiro atoms. The summed E-state index contributed by atoms with van der Waals surface area (Å²) in [6, 6.07) is 0. The molecule has 16 heavy (non-hydrogen) atoms. The molecule has 2 rings (SSSR count). The Kier molecular flexibility index (Phi) is 3.21. The molecule has 0 aromatic carbocycles. The van der Waals surface area contributed by atoms with E-state index in [-0.39, 0.29) is 11.4 Å². The molecule has 0 saturated heterocycles. The molecule has 1 N–H and O–H groups in total. The number of hydrogen-bond donors (Lipinski definition) is 1. The number of nitrogens with one attached hydrogen (secondary N) is 1. The summed E-state index contributed by atoms with van der Waals surface area (Å²) < 4.78 is 10.6. The number of nitrogens with zero attached hydrogens (tertiary/aromatic N) is 3. The van der Waals surface area contributed by atoms with E-state index in [1.54, 1.807) is 13.3 Å². The molecule has 0 amide bonds. The molecule has 0 aliphatic carbocycles. The van der Waals surface area contributed by atoms with Gasteiger partial charge >= 0.3 is 0 Å². The molecule has 0 fully saturated rings. The predicted octanol–water partition coefficient (Wildman–Crippen LogP) is 1.42. The smallest absolute Gasteiger partial charge is 0.229 e. The lowest BCUT2D eigenvalue weighted by atomic mass is 10.4. The molecule has 1 atom stereocenters. The average molecular weight is 243 g/mol. The van der Waals surface area contributed by atoms with Gasteiger partial charge in [0.15, 0.2) is 5.65 Å². The Morgan fingerprint density at radius 2 is 2.31 bits per heavy atom. The number of hydrogen-bond acceptors (Lipinski definition) is 5. The van der Waals surface area contributed by atoms with Gasteiger partial charge in [0.1, 0.15) is 11.5 Å². The van der Waals surface area contributed by atoms with Crippen LogP contribution < -0.4 is 4.74 Å². The summed E-state index contributed by atoms with van der Waals surface area (Å²) in [4.78, 5) is 7.99. The second kappa shape index (κ2) is 4.63. The van der Waals surface area contributed by atoms with Gasteiger partial charge in [0, 0.05) is 7.11 Å². The summed E-state index contributed by atoms with van der Waals surface area (Å²) in [5.74, 6) is 0.410. The summed E-state index contributed by atoms with van der Waals surface area (Å²) in [5, 5.41) is 7.39. The Morgan fingerprint density at radius 1 is 1.50 bits per heavy atom. The van der Waals surface area contributed by atoms with E-state index >= 15 is 0 Å². The van der Waals surface area contributed by atoms with Crippen LogP contribution in [0.3, 0.4) is 0 Å². The van der Waals surface area contributed by atoms with E-state index in [4.69, 9.17) is 21.1 Å². The van der Waals surface area contributed by atoms with Gasteiger partial charge in [-0.3, -0.25) is 5.10 Å². The quantitative estimate of drug-likeness (QED) is 0.821. The van der Waals surface area contributed by atoms with Crippen molar-refractivity contribution in [2.24, 2.45) is 0 Å². The standard InChI is InChI=1S/C9H11ClN4O2/c1-5(4-15-2)16-8-6-3-11-14-7(6)12-9(10)13-8/h3,5H,4H2,1-2H3,(H,11,12,13,14). The molecule has 1 unspecified atom stereocenters. The van der Waals surface area contributed by atoms with Crippen LogP contribution in [0.1, 0.15) is 6.92 Å². The fraction of sp³-hybridized carbons (Fsp3) is 0.444. The average Bonchev–Trinajstić information content (AvgIpc) is 2.65. The van der Waals surface area contributed by atoms with E-state index in [0.717, 1.165) is 0 Å². The molecule has 2 heterocycles. The van der Waals surface area contributed by atoms with Crippen LogP contribution in [-0.2, 0) is 4.74 Å². The predicted molar refractivity (Wildman–Crippen MR) is 58.7 cm³/mol. The van der Waals surface area contributed by atoms with Crippen molar-refractivity contribution < 1.29 is 9.47 Å². The van der Waals surface area contributed by atoms with E-state index in [9.17, 15) is 0 Å². The molecule has 0 bridgehead atoms. The number of halogens is 1. The zero-order chi connectivity index (χ0) is 11.5. The van der Waals surface area contributed by atoms with Gasteiger partial charge in [0.05, 0.1) is 12.8 Å². The summed E-state index contributed by atoms with van der Waals surface area (Å²) in [5.41, 5.74) is 0.555. The summed E-state index contributed by atoms with van der Waals surface area (Å²) >= 11 is 5.76. The monoisotopic (exact) mass is 242 g/mol. The van der Waals surface area contributed by atoms with E-state index in [1.165, 1.54) is 0 Å². The highest BCUT2D eigenvalue weighted by Gasteiger charge is 2.12. The first-order valence-electron chi connectivity index (χ1n) is 4.73. The van der Waals surface area contributed by atoms with Gasteiger partial charge < -0.3 is 9.47 Å². The van der Waals surface area contributed by atoms with Crippen LogP contribution >= 0.6 is 11.6 Å². The lowest BCUT2D eigenvalue weighted by Gasteiger charge is -2.12. The summed E-state index contributed by atoms with van der Waals surface area (Å²) in [7, 11) is 1.61. The Balaban J connectivity index is 2.31. The molecule has 7 heteroatoms. The van der Waals surface area contributed by atoms with Gasteiger partial charge in [-0.1, -0.05) is 0 Å². The van der Waals surface area contributed by atoms with Crippen LogP contribution in [-0.4, -0.2) is 40.0 Å². The maximum absolute atomic E-state index is 5.76. The molecule has 2 aromatic rings. The lowest BCUT2D eigenvalue weighted by Crippen LogP contribution is -2.18. The maximum atomic E-state index is 5.76. The SMILES string of the molecule is COCC(C)Oc1nc(Cl)nc2[nH]ncc12. The van der Waals surface area contributed by atoms with Crippen LogP contribution in [0.5, 0.6) is 5.88 Å². The van der Waals surface area contributed by atoms with Crippen molar-refractivity contribution in [2.45, 2.75) is 13.0 Å². The number of aromatic nitrogens is 4. The molecule has 0 saturated carbocycles. The van der Waals surface area contributed by atoms with Crippen molar-refractivity contribution in [1.29, 1.82) is 0 Å². The first-order valence-corrected chi connectivity index (χ1v) is 5.10. The third-order valence-corrected chi connectivity index (χ3v) is 2.13. The molecule has 0 radical (unpaired) electrons. The van der Waals surface area contributed by atoms with Gasteiger partial charge in [0.2, 0.25) is 11.2 Å². The first kappa shape index (κ1) is 11.1. The van der Waals surface area contributed by atoms with Crippen molar-refractivity contribution in [1.82, 2.24) is 20.2 Å². The van der Waals surface area contributed by atoms with Gasteiger partial charge in [-0.2, -0.15) is 15.1 Å². The normalized spacial score (nSPS) is 12.9. The van der Waals surface area contributed by atoms with Gasteiger partial charge in [-0.05, 0) is 18.5 Å². The van der Waals surface area contributed by atoms with Crippen LogP contribution in [0.15, 0.2) is 6.20 Å². The number of rotatable bonds is 4. The van der Waals surface area contributed by atoms with E-state index in [2.05, 4.69) is 20.2 Å². The van der Waals surface area contributed by atoms with E-state index < -0.39 is 0 Å². The van der Waals surface area contributed by atoms with Crippen molar-refractivity contribution in [2.75, 3.05) is 13.7 Å².